The zero-order valence-corrected chi connectivity index (χ0v) is 14.7. The van der Waals surface area contributed by atoms with Crippen LogP contribution in [0, 0.1) is 17.3 Å². The number of hydrogen-bond donors (Lipinski definition) is 4. The number of nitrogens with one attached hydrogen (secondary N) is 2. The molecule has 0 bridgehead atoms. The standard InChI is InChI=1S/C16H17ClN6O3/c1-9(12-7-11(15(18)19)23-26-12)22-16(25)14-13(17)10(20-8-21-14)5-3-2-4-6-24/h7-9,24H,2,4,6H2,1H3,(H3,18,19)(H,22,25)/t9-/m1/s1. The van der Waals surface area contributed by atoms with Gasteiger partial charge in [0.2, 0.25) is 0 Å². The lowest BCUT2D eigenvalue weighted by Gasteiger charge is -2.11. The number of aliphatic hydroxyl groups is 1. The van der Waals surface area contributed by atoms with Crippen LogP contribution >= 0.6 is 11.6 Å². The molecule has 2 heterocycles. The molecule has 9 nitrogen and oxygen atoms in total. The number of unbranched alkanes of at least 4 members (excludes halogenated alkanes) is 1. The maximum Gasteiger partial charge on any atom is 0.272 e. The third-order valence-corrected chi connectivity index (χ3v) is 3.61. The molecule has 2 aromatic heterocycles. The highest BCUT2D eigenvalue weighted by molar-refractivity contribution is 6.34. The number of nitrogens with two attached hydrogens (primary N) is 1. The van der Waals surface area contributed by atoms with Gasteiger partial charge in [-0.3, -0.25) is 10.2 Å². The fourth-order valence-electron chi connectivity index (χ4n) is 1.89. The van der Waals surface area contributed by atoms with E-state index in [0.717, 1.165) is 0 Å². The lowest BCUT2D eigenvalue weighted by molar-refractivity contribution is 0.0928. The second kappa shape index (κ2) is 8.94. The fourth-order valence-corrected chi connectivity index (χ4v) is 2.12. The molecule has 1 atom stereocenters. The molecule has 0 saturated heterocycles. The van der Waals surface area contributed by atoms with Gasteiger partial charge in [-0.1, -0.05) is 22.7 Å². The third-order valence-electron chi connectivity index (χ3n) is 3.25. The minimum atomic E-state index is -0.548. The van der Waals surface area contributed by atoms with Gasteiger partial charge in [0.05, 0.1) is 6.04 Å². The molecule has 0 saturated carbocycles. The van der Waals surface area contributed by atoms with Gasteiger partial charge in [0.1, 0.15) is 28.6 Å². The normalized spacial score (nSPS) is 11.3. The van der Waals surface area contributed by atoms with E-state index in [2.05, 4.69) is 32.3 Å². The Morgan fingerprint density at radius 3 is 2.96 bits per heavy atom. The number of hydrogen-bond acceptors (Lipinski definition) is 7. The maximum absolute atomic E-state index is 12.4. The van der Waals surface area contributed by atoms with Crippen molar-refractivity contribution in [2.75, 3.05) is 6.61 Å². The molecule has 2 rings (SSSR count). The summed E-state index contributed by atoms with van der Waals surface area (Å²) in [6, 6.07) is 0.917. The molecule has 2 aromatic rings. The number of rotatable bonds is 6. The molecule has 0 aliphatic carbocycles. The smallest absolute Gasteiger partial charge is 0.272 e. The first-order valence-electron chi connectivity index (χ1n) is 7.66. The van der Waals surface area contributed by atoms with Crippen LogP contribution in [0.15, 0.2) is 16.9 Å². The number of carbonyl (C=O) groups is 1. The highest BCUT2D eigenvalue weighted by atomic mass is 35.5. The van der Waals surface area contributed by atoms with Gasteiger partial charge in [0.15, 0.2) is 11.5 Å². The minimum Gasteiger partial charge on any atom is -0.396 e. The van der Waals surface area contributed by atoms with Crippen molar-refractivity contribution in [1.29, 1.82) is 5.41 Å². The second-order valence-corrected chi connectivity index (χ2v) is 5.62. The predicted octanol–water partition coefficient (Wildman–Crippen LogP) is 1.02. The molecular formula is C16H17ClN6O3. The van der Waals surface area contributed by atoms with Crippen LogP contribution in [0.4, 0.5) is 0 Å². The molecule has 0 aliphatic rings. The van der Waals surface area contributed by atoms with Crippen molar-refractivity contribution in [3.8, 4) is 11.8 Å². The number of amidine groups is 1. The van der Waals surface area contributed by atoms with E-state index < -0.39 is 11.9 Å². The first-order valence-corrected chi connectivity index (χ1v) is 8.04. The highest BCUT2D eigenvalue weighted by Crippen LogP contribution is 2.19. The third kappa shape index (κ3) is 4.78. The van der Waals surface area contributed by atoms with E-state index in [1.54, 1.807) is 6.92 Å². The molecular weight excluding hydrogens is 360 g/mol. The molecule has 0 radical (unpaired) electrons. The van der Waals surface area contributed by atoms with Crippen LogP contribution in [0.3, 0.4) is 0 Å². The van der Waals surface area contributed by atoms with E-state index in [1.165, 1.54) is 12.4 Å². The maximum atomic E-state index is 12.4. The van der Waals surface area contributed by atoms with Crippen LogP contribution in [0.2, 0.25) is 5.02 Å². The monoisotopic (exact) mass is 376 g/mol. The SMILES string of the molecule is C[C@@H](NC(=O)c1ncnc(C#CCCCO)c1Cl)c1cc(C(=N)N)no1. The lowest BCUT2D eigenvalue weighted by Crippen LogP contribution is -2.27. The molecule has 0 aliphatic heterocycles. The minimum absolute atomic E-state index is 0.0220. The fraction of sp³-hybridized carbons (Fsp3) is 0.312. The molecule has 0 spiro atoms. The molecule has 0 aromatic carbocycles. The summed E-state index contributed by atoms with van der Waals surface area (Å²) in [5, 5.41) is 22.4. The van der Waals surface area contributed by atoms with Gasteiger partial charge in [-0.15, -0.1) is 0 Å². The van der Waals surface area contributed by atoms with E-state index >= 15 is 0 Å². The van der Waals surface area contributed by atoms with Gasteiger partial charge < -0.3 is 20.7 Å². The van der Waals surface area contributed by atoms with Gasteiger partial charge in [0.25, 0.3) is 5.91 Å². The Labute approximate surface area is 154 Å². The van der Waals surface area contributed by atoms with Gasteiger partial charge in [-0.25, -0.2) is 9.97 Å². The summed E-state index contributed by atoms with van der Waals surface area (Å²) in [5.74, 6) is 5.13. The quantitative estimate of drug-likeness (QED) is 0.254. The van der Waals surface area contributed by atoms with Gasteiger partial charge in [-0.05, 0) is 19.3 Å². The molecule has 1 amide bonds. The Morgan fingerprint density at radius 2 is 2.31 bits per heavy atom. The first kappa shape index (κ1) is 19.4. The molecule has 0 unspecified atom stereocenters. The molecule has 5 N–H and O–H groups in total. The van der Waals surface area contributed by atoms with E-state index in [0.29, 0.717) is 18.6 Å². The number of nitrogen functional groups attached to an aromatic ring is 1. The molecule has 0 fully saturated rings. The summed E-state index contributed by atoms with van der Waals surface area (Å²) >= 11 is 6.17. The van der Waals surface area contributed by atoms with Crippen molar-refractivity contribution in [2.45, 2.75) is 25.8 Å². The Bertz CT molecular complexity index is 870. The van der Waals surface area contributed by atoms with Gasteiger partial charge in [-0.2, -0.15) is 0 Å². The summed E-state index contributed by atoms with van der Waals surface area (Å²) < 4.78 is 5.06. The molecule has 136 valence electrons. The summed E-state index contributed by atoms with van der Waals surface area (Å²) in [6.07, 6.45) is 2.23. The number of aromatic nitrogens is 3. The van der Waals surface area contributed by atoms with Gasteiger partial charge in [0, 0.05) is 19.1 Å². The van der Waals surface area contributed by atoms with E-state index in [-0.39, 0.29) is 34.5 Å². The molecule has 26 heavy (non-hydrogen) atoms. The average molecular weight is 377 g/mol. The second-order valence-electron chi connectivity index (χ2n) is 5.24. The Balaban J connectivity index is 2.13. The van der Waals surface area contributed by atoms with Crippen LogP contribution in [0.5, 0.6) is 0 Å². The van der Waals surface area contributed by atoms with Crippen LogP contribution < -0.4 is 11.1 Å². The van der Waals surface area contributed by atoms with Crippen LogP contribution in [-0.2, 0) is 0 Å². The van der Waals surface area contributed by atoms with Crippen LogP contribution in [-0.4, -0.2) is 38.6 Å². The van der Waals surface area contributed by atoms with Gasteiger partial charge >= 0.3 is 0 Å². The summed E-state index contributed by atoms with van der Waals surface area (Å²) in [7, 11) is 0. The Morgan fingerprint density at radius 1 is 1.54 bits per heavy atom. The predicted molar refractivity (Wildman–Crippen MR) is 93.6 cm³/mol. The number of amides is 1. The zero-order chi connectivity index (χ0) is 19.1. The van der Waals surface area contributed by atoms with E-state index in [9.17, 15) is 4.79 Å². The number of aliphatic hydroxyl groups excluding tert-OH is 1. The van der Waals surface area contributed by atoms with E-state index in [1.807, 2.05) is 0 Å². The summed E-state index contributed by atoms with van der Waals surface area (Å²) in [4.78, 5) is 20.3. The van der Waals surface area contributed by atoms with Crippen molar-refractivity contribution in [2.24, 2.45) is 5.73 Å². The topological polar surface area (TPSA) is 151 Å². The first-order chi connectivity index (χ1) is 12.4. The van der Waals surface area contributed by atoms with Crippen molar-refractivity contribution in [3.05, 3.63) is 40.3 Å². The molecule has 10 heteroatoms. The van der Waals surface area contributed by atoms with Crippen molar-refractivity contribution in [3.63, 3.8) is 0 Å². The van der Waals surface area contributed by atoms with Crippen molar-refractivity contribution < 1.29 is 14.4 Å². The van der Waals surface area contributed by atoms with Crippen LogP contribution in [0.1, 0.15) is 53.4 Å². The van der Waals surface area contributed by atoms with E-state index in [4.69, 9.17) is 32.4 Å². The Kier molecular flexibility index (Phi) is 6.66. The lowest BCUT2D eigenvalue weighted by atomic mass is 10.2. The average Bonchev–Trinajstić information content (AvgIpc) is 3.10. The number of carbonyl (C=O) groups excluding carboxylic acids is 1. The summed E-state index contributed by atoms with van der Waals surface area (Å²) in [6.45, 7) is 1.72. The van der Waals surface area contributed by atoms with Crippen molar-refractivity contribution >= 4 is 23.3 Å². The zero-order valence-electron chi connectivity index (χ0n) is 13.9. The number of nitrogens with zero attached hydrogens (tertiary/aromatic N) is 3. The highest BCUT2D eigenvalue weighted by Gasteiger charge is 2.20. The Hall–Kier alpha value is -2.96. The van der Waals surface area contributed by atoms with Crippen molar-refractivity contribution in [1.82, 2.24) is 20.4 Å². The number of halogens is 1. The van der Waals surface area contributed by atoms with Crippen LogP contribution in [0.25, 0.3) is 0 Å². The summed E-state index contributed by atoms with van der Waals surface area (Å²) in [5.41, 5.74) is 5.72. The largest absolute Gasteiger partial charge is 0.396 e.